The van der Waals surface area contributed by atoms with Gasteiger partial charge in [0.15, 0.2) is 0 Å². The highest BCUT2D eigenvalue weighted by Crippen LogP contribution is 2.28. The van der Waals surface area contributed by atoms with Crippen LogP contribution in [0.5, 0.6) is 0 Å². The molecule has 2 amide bonds. The van der Waals surface area contributed by atoms with Crippen molar-refractivity contribution in [1.82, 2.24) is 30.6 Å². The molecule has 0 radical (unpaired) electrons. The summed E-state index contributed by atoms with van der Waals surface area (Å²) in [5.74, 6) is 0.957. The number of nitrogens with zero attached hydrogens (tertiary/aromatic N) is 3. The number of amides is 2. The maximum Gasteiger partial charge on any atom is 0.290 e. The molecule has 174 valence electrons. The Bertz CT molecular complexity index is 1200. The molecule has 0 aromatic carbocycles. The first-order valence-electron chi connectivity index (χ1n) is 11.5. The molecule has 8 nitrogen and oxygen atoms in total. The quantitative estimate of drug-likeness (QED) is 0.442. The van der Waals surface area contributed by atoms with Gasteiger partial charge < -0.3 is 10.3 Å². The number of aromatic amines is 1. The third-order valence-electron chi connectivity index (χ3n) is 6.29. The molecule has 1 aliphatic heterocycles. The lowest BCUT2D eigenvalue weighted by Crippen LogP contribution is -2.33. The maximum atomic E-state index is 11.8. The second-order valence-corrected chi connectivity index (χ2v) is 9.66. The fourth-order valence-electron chi connectivity index (χ4n) is 4.53. The number of rotatable bonds is 7. The third kappa shape index (κ3) is 5.43. The fraction of sp³-hybridized carbons (Fsp3) is 0.320. The van der Waals surface area contributed by atoms with E-state index in [4.69, 9.17) is 0 Å². The molecule has 2 aliphatic rings. The minimum atomic E-state index is -0.368. The second kappa shape index (κ2) is 10.3. The molecule has 0 atom stereocenters. The summed E-state index contributed by atoms with van der Waals surface area (Å²) in [7, 11) is 0. The van der Waals surface area contributed by atoms with Gasteiger partial charge in [0.05, 0.1) is 22.0 Å². The van der Waals surface area contributed by atoms with E-state index in [0.717, 1.165) is 67.6 Å². The van der Waals surface area contributed by atoms with E-state index >= 15 is 0 Å². The Kier molecular flexibility index (Phi) is 6.82. The van der Waals surface area contributed by atoms with E-state index in [1.807, 2.05) is 30.6 Å². The van der Waals surface area contributed by atoms with Crippen LogP contribution in [0.2, 0.25) is 0 Å². The van der Waals surface area contributed by atoms with Gasteiger partial charge in [-0.1, -0.05) is 6.07 Å². The Balaban J connectivity index is 1.13. The van der Waals surface area contributed by atoms with Gasteiger partial charge in [-0.3, -0.25) is 19.9 Å². The van der Waals surface area contributed by atoms with Crippen molar-refractivity contribution in [2.75, 3.05) is 0 Å². The first-order chi connectivity index (χ1) is 16.6. The highest BCUT2D eigenvalue weighted by atomic mass is 32.2. The van der Waals surface area contributed by atoms with Crippen LogP contribution in [0.4, 0.5) is 4.79 Å². The Morgan fingerprint density at radius 2 is 1.94 bits per heavy atom. The number of carbonyl (C=O) groups is 2. The van der Waals surface area contributed by atoms with Gasteiger partial charge >= 0.3 is 0 Å². The van der Waals surface area contributed by atoms with Crippen molar-refractivity contribution in [3.8, 4) is 11.4 Å². The predicted octanol–water partition coefficient (Wildman–Crippen LogP) is 4.08. The number of hydrogen-bond acceptors (Lipinski definition) is 7. The zero-order chi connectivity index (χ0) is 23.3. The Morgan fingerprint density at radius 1 is 1.06 bits per heavy atom. The second-order valence-electron chi connectivity index (χ2n) is 8.65. The zero-order valence-corrected chi connectivity index (χ0v) is 19.5. The van der Waals surface area contributed by atoms with Gasteiger partial charge in [-0.15, -0.1) is 0 Å². The van der Waals surface area contributed by atoms with Crippen LogP contribution in [-0.4, -0.2) is 37.1 Å². The van der Waals surface area contributed by atoms with E-state index < -0.39 is 0 Å². The van der Waals surface area contributed by atoms with E-state index in [-0.39, 0.29) is 11.1 Å². The summed E-state index contributed by atoms with van der Waals surface area (Å²) in [6.45, 7) is 0.797. The van der Waals surface area contributed by atoms with Gasteiger partial charge in [-0.05, 0) is 79.3 Å². The van der Waals surface area contributed by atoms with E-state index in [9.17, 15) is 9.59 Å². The molecule has 1 aliphatic carbocycles. The minimum Gasteiger partial charge on any atom is -0.360 e. The number of H-pyrrole nitrogens is 1. The Morgan fingerprint density at radius 3 is 2.71 bits per heavy atom. The summed E-state index contributed by atoms with van der Waals surface area (Å²) >= 11 is 0.902. The fourth-order valence-corrected chi connectivity index (χ4v) is 5.20. The van der Waals surface area contributed by atoms with Crippen LogP contribution in [0.15, 0.2) is 53.8 Å². The van der Waals surface area contributed by atoms with Gasteiger partial charge in [0.2, 0.25) is 0 Å². The van der Waals surface area contributed by atoms with Gasteiger partial charge in [0.1, 0.15) is 5.82 Å². The molecule has 34 heavy (non-hydrogen) atoms. The molecule has 5 rings (SSSR count). The van der Waals surface area contributed by atoms with Crippen LogP contribution in [0.25, 0.3) is 17.5 Å². The number of hydrogen-bond donors (Lipinski definition) is 3. The largest absolute Gasteiger partial charge is 0.360 e. The molecule has 1 saturated heterocycles. The smallest absolute Gasteiger partial charge is 0.290 e. The normalized spacial score (nSPS) is 21.7. The first kappa shape index (κ1) is 22.5. The molecular weight excluding hydrogens is 448 g/mol. The number of aromatic nitrogens is 4. The minimum absolute atomic E-state index is 0.347. The number of imide groups is 1. The summed E-state index contributed by atoms with van der Waals surface area (Å²) in [4.78, 5) is 40.3. The lowest BCUT2D eigenvalue weighted by Gasteiger charge is -2.29. The van der Waals surface area contributed by atoms with Crippen molar-refractivity contribution in [2.24, 2.45) is 5.92 Å². The monoisotopic (exact) mass is 474 g/mol. The first-order valence-corrected chi connectivity index (χ1v) is 12.3. The average Bonchev–Trinajstić information content (AvgIpc) is 3.49. The van der Waals surface area contributed by atoms with Crippen molar-refractivity contribution in [1.29, 1.82) is 0 Å². The molecular formula is C25H26N6O2S. The van der Waals surface area contributed by atoms with Crippen LogP contribution in [0.1, 0.15) is 42.8 Å². The van der Waals surface area contributed by atoms with Crippen LogP contribution in [-0.2, 0) is 17.8 Å². The molecule has 3 aromatic rings. The Hall–Kier alpha value is -3.30. The van der Waals surface area contributed by atoms with E-state index in [1.165, 1.54) is 5.56 Å². The lowest BCUT2D eigenvalue weighted by atomic mass is 9.84. The number of carbonyl (C=O) groups excluding carboxylic acids is 2. The summed E-state index contributed by atoms with van der Waals surface area (Å²) in [5, 5.41) is 5.64. The van der Waals surface area contributed by atoms with Crippen LogP contribution >= 0.6 is 11.8 Å². The molecule has 4 heterocycles. The van der Waals surface area contributed by atoms with Gasteiger partial charge in [0, 0.05) is 37.6 Å². The summed E-state index contributed by atoms with van der Waals surface area (Å²) in [6.07, 6.45) is 12.4. The topological polar surface area (TPSA) is 113 Å². The van der Waals surface area contributed by atoms with Crippen LogP contribution in [0.3, 0.4) is 0 Å². The average molecular weight is 475 g/mol. The number of pyridine rings is 1. The zero-order valence-electron chi connectivity index (χ0n) is 18.7. The molecule has 1 saturated carbocycles. The van der Waals surface area contributed by atoms with Crippen molar-refractivity contribution >= 4 is 29.0 Å². The van der Waals surface area contributed by atoms with E-state index in [0.29, 0.717) is 22.6 Å². The Labute approximate surface area is 202 Å². The van der Waals surface area contributed by atoms with Gasteiger partial charge in [0.25, 0.3) is 11.1 Å². The molecule has 2 fully saturated rings. The van der Waals surface area contributed by atoms with Crippen molar-refractivity contribution in [3.63, 3.8) is 0 Å². The molecule has 9 heteroatoms. The molecule has 3 aromatic heterocycles. The molecule has 3 N–H and O–H groups in total. The molecule has 0 unspecified atom stereocenters. The number of thioether (sulfide) groups is 1. The molecule has 0 bridgehead atoms. The van der Waals surface area contributed by atoms with Crippen LogP contribution in [0, 0.1) is 5.92 Å². The summed E-state index contributed by atoms with van der Waals surface area (Å²) in [6, 6.07) is 10.4. The van der Waals surface area contributed by atoms with Crippen molar-refractivity contribution in [3.05, 3.63) is 70.9 Å². The highest BCUT2D eigenvalue weighted by Gasteiger charge is 2.25. The summed E-state index contributed by atoms with van der Waals surface area (Å²) < 4.78 is 0. The maximum absolute atomic E-state index is 11.8. The van der Waals surface area contributed by atoms with Crippen molar-refractivity contribution in [2.45, 2.75) is 44.7 Å². The predicted molar refractivity (Wildman–Crippen MR) is 131 cm³/mol. The number of nitrogens with one attached hydrogen (secondary N) is 3. The standard InChI is InChI=1S/C25H26N6O2S/c32-24-21(34-25(33)31-24)14-19-9-12-27-22(30-19)13-16-5-7-18(8-6-16)29-15-17-3-1-11-28-23(17)20-4-2-10-26-20/h1-4,9-12,14,16,18,26,29H,5-8,13,15H2,(H,31,32,33)/b21-14-. The van der Waals surface area contributed by atoms with Crippen LogP contribution < -0.4 is 10.6 Å². The van der Waals surface area contributed by atoms with E-state index in [2.05, 4.69) is 36.6 Å². The third-order valence-corrected chi connectivity index (χ3v) is 7.10. The molecule has 0 spiro atoms. The summed E-state index contributed by atoms with van der Waals surface area (Å²) in [5.41, 5.74) is 3.89. The highest BCUT2D eigenvalue weighted by molar-refractivity contribution is 8.18. The van der Waals surface area contributed by atoms with Gasteiger partial charge in [-0.2, -0.15) is 0 Å². The SMILES string of the molecule is O=C1NC(=O)/C(=C/c2ccnc(CC3CCC(NCc4cccnc4-c4ccc[nH]4)CC3)n2)S1. The van der Waals surface area contributed by atoms with Gasteiger partial charge in [-0.25, -0.2) is 9.97 Å². The van der Waals surface area contributed by atoms with E-state index in [1.54, 1.807) is 18.3 Å². The van der Waals surface area contributed by atoms with Crippen molar-refractivity contribution < 1.29 is 9.59 Å². The lowest BCUT2D eigenvalue weighted by molar-refractivity contribution is -0.115.